The van der Waals surface area contributed by atoms with Crippen molar-refractivity contribution < 1.29 is 37.5 Å². The lowest BCUT2D eigenvalue weighted by Crippen LogP contribution is -2.52. The summed E-state index contributed by atoms with van der Waals surface area (Å²) >= 11 is 0. The second kappa shape index (κ2) is 9.59. The maximum atomic E-state index is 12.9. The van der Waals surface area contributed by atoms with E-state index in [1.54, 1.807) is 16.9 Å². The number of benzene rings is 1. The highest BCUT2D eigenvalue weighted by Gasteiger charge is 2.39. The minimum atomic E-state index is -5.08. The first kappa shape index (κ1) is 24.8. The number of piperidine rings is 1. The zero-order valence-corrected chi connectivity index (χ0v) is 17.9. The van der Waals surface area contributed by atoms with E-state index in [0.717, 1.165) is 16.9 Å². The molecule has 0 radical (unpaired) electrons. The van der Waals surface area contributed by atoms with Crippen molar-refractivity contribution in [2.24, 2.45) is 5.73 Å². The van der Waals surface area contributed by atoms with Gasteiger partial charge in [-0.15, -0.1) is 5.10 Å². The number of nitrogens with two attached hydrogens (primary N) is 1. The number of imide groups is 1. The Labute approximate surface area is 190 Å². The first-order valence-corrected chi connectivity index (χ1v) is 10.1. The molecule has 34 heavy (non-hydrogen) atoms. The number of aliphatic carboxylic acids is 1. The number of alkyl halides is 3. The van der Waals surface area contributed by atoms with Crippen LogP contribution < -0.4 is 11.1 Å². The summed E-state index contributed by atoms with van der Waals surface area (Å²) in [5.74, 6) is -3.68. The van der Waals surface area contributed by atoms with Gasteiger partial charge in [0.05, 0.1) is 17.6 Å². The van der Waals surface area contributed by atoms with Crippen LogP contribution in [0.2, 0.25) is 0 Å². The summed E-state index contributed by atoms with van der Waals surface area (Å²) in [6.07, 6.45) is -2.08. The van der Waals surface area contributed by atoms with Gasteiger partial charge in [-0.05, 0) is 31.0 Å². The number of hydrogen-bond acceptors (Lipinski definition) is 7. The van der Waals surface area contributed by atoms with Crippen molar-refractivity contribution in [3.8, 4) is 5.69 Å². The first-order chi connectivity index (χ1) is 15.9. The number of carboxylic acid groups (broad SMARTS) is 1. The predicted molar refractivity (Wildman–Crippen MR) is 108 cm³/mol. The fourth-order valence-electron chi connectivity index (χ4n) is 3.53. The number of fused-ring (bicyclic) bond motifs is 1. The van der Waals surface area contributed by atoms with Crippen LogP contribution in [0.1, 0.15) is 41.4 Å². The van der Waals surface area contributed by atoms with Gasteiger partial charge < -0.3 is 15.7 Å². The Balaban J connectivity index is 0.000000406. The highest BCUT2D eigenvalue weighted by atomic mass is 19.4. The lowest BCUT2D eigenvalue weighted by atomic mass is 10.0. The van der Waals surface area contributed by atoms with Crippen molar-refractivity contribution in [3.05, 3.63) is 41.2 Å². The van der Waals surface area contributed by atoms with Gasteiger partial charge in [0.1, 0.15) is 6.04 Å². The van der Waals surface area contributed by atoms with E-state index < -0.39 is 24.1 Å². The highest BCUT2D eigenvalue weighted by molar-refractivity contribution is 6.05. The van der Waals surface area contributed by atoms with Crippen molar-refractivity contribution in [2.45, 2.75) is 51.0 Å². The molecule has 4 rings (SSSR count). The normalized spacial score (nSPS) is 18.7. The van der Waals surface area contributed by atoms with Crippen LogP contribution in [-0.2, 0) is 27.3 Å². The van der Waals surface area contributed by atoms with E-state index in [2.05, 4.69) is 15.6 Å². The summed E-state index contributed by atoms with van der Waals surface area (Å²) in [6, 6.07) is 4.86. The number of amides is 3. The summed E-state index contributed by atoms with van der Waals surface area (Å²) in [5, 5.41) is 17.6. The molecule has 182 valence electrons. The van der Waals surface area contributed by atoms with Gasteiger partial charge in [-0.1, -0.05) is 11.3 Å². The second-order valence-corrected chi connectivity index (χ2v) is 7.88. The molecule has 1 aromatic heterocycles. The van der Waals surface area contributed by atoms with Crippen molar-refractivity contribution >= 4 is 23.7 Å². The third-order valence-electron chi connectivity index (χ3n) is 5.09. The van der Waals surface area contributed by atoms with E-state index in [0.29, 0.717) is 24.9 Å². The Bertz CT molecular complexity index is 1130. The molecule has 2 aliphatic heterocycles. The fraction of sp³-hybridized carbons (Fsp3) is 0.400. The summed E-state index contributed by atoms with van der Waals surface area (Å²) in [4.78, 5) is 46.7. The zero-order chi connectivity index (χ0) is 25.2. The first-order valence-electron chi connectivity index (χ1n) is 10.1. The summed E-state index contributed by atoms with van der Waals surface area (Å²) in [7, 11) is 0. The van der Waals surface area contributed by atoms with Crippen LogP contribution in [0.25, 0.3) is 5.69 Å². The Morgan fingerprint density at radius 2 is 2.00 bits per heavy atom. The van der Waals surface area contributed by atoms with Gasteiger partial charge in [-0.2, -0.15) is 13.2 Å². The van der Waals surface area contributed by atoms with E-state index in [4.69, 9.17) is 15.6 Å². The van der Waals surface area contributed by atoms with Crippen LogP contribution in [0, 0.1) is 0 Å². The third-order valence-corrected chi connectivity index (χ3v) is 5.09. The molecule has 2 aliphatic rings. The van der Waals surface area contributed by atoms with Crippen molar-refractivity contribution in [1.29, 1.82) is 0 Å². The van der Waals surface area contributed by atoms with Crippen molar-refractivity contribution in [1.82, 2.24) is 25.2 Å². The average Bonchev–Trinajstić information content (AvgIpc) is 3.32. The molecule has 14 heteroatoms. The smallest absolute Gasteiger partial charge is 0.475 e. The van der Waals surface area contributed by atoms with Gasteiger partial charge in [0.15, 0.2) is 0 Å². The second-order valence-electron chi connectivity index (χ2n) is 7.88. The molecular weight excluding hydrogens is 461 g/mol. The van der Waals surface area contributed by atoms with Crippen molar-refractivity contribution in [2.75, 3.05) is 0 Å². The molecule has 1 aromatic carbocycles. The van der Waals surface area contributed by atoms with Crippen LogP contribution in [0.3, 0.4) is 0 Å². The van der Waals surface area contributed by atoms with Gasteiger partial charge in [0.25, 0.3) is 5.91 Å². The maximum Gasteiger partial charge on any atom is 0.490 e. The monoisotopic (exact) mass is 482 g/mol. The van der Waals surface area contributed by atoms with Gasteiger partial charge >= 0.3 is 12.1 Å². The number of rotatable bonds is 4. The summed E-state index contributed by atoms with van der Waals surface area (Å²) in [6.45, 7) is 2.25. The molecule has 4 N–H and O–H groups in total. The topological polar surface area (TPSA) is 161 Å². The van der Waals surface area contributed by atoms with Gasteiger partial charge in [0.2, 0.25) is 11.8 Å². The maximum absolute atomic E-state index is 12.9. The highest BCUT2D eigenvalue weighted by Crippen LogP contribution is 2.29. The number of halogens is 3. The number of carboxylic acids is 1. The standard InChI is InChI=1S/C18H20N6O3.C2HF3O2/c1-10(19)6-12-9-24(22-21-12)13-3-2-11-8-23(18(27)14(11)7-13)15-4-5-16(25)20-17(15)26;3-2(4,5)1(6)7/h2-3,7,9-10,15H,4-6,8,19H2,1H3,(H,20,25,26);(H,6,7). The molecular formula is C20H21F3N6O5. The molecule has 0 aliphatic carbocycles. The molecule has 0 saturated carbocycles. The van der Waals surface area contributed by atoms with E-state index >= 15 is 0 Å². The van der Waals surface area contributed by atoms with Gasteiger partial charge in [0, 0.05) is 31.0 Å². The molecule has 2 unspecified atom stereocenters. The molecule has 0 bridgehead atoms. The van der Waals surface area contributed by atoms with Crippen LogP contribution in [-0.4, -0.2) is 67.0 Å². The number of carbonyl (C=O) groups excluding carboxylic acids is 3. The Kier molecular flexibility index (Phi) is 7.00. The van der Waals surface area contributed by atoms with Crippen LogP contribution >= 0.6 is 0 Å². The van der Waals surface area contributed by atoms with Gasteiger partial charge in [-0.25, -0.2) is 9.48 Å². The van der Waals surface area contributed by atoms with E-state index in [9.17, 15) is 27.6 Å². The van der Waals surface area contributed by atoms with E-state index in [1.807, 2.05) is 19.1 Å². The Hall–Kier alpha value is -3.81. The molecule has 3 amide bonds. The molecule has 1 fully saturated rings. The minimum Gasteiger partial charge on any atom is -0.475 e. The number of nitrogens with zero attached hydrogens (tertiary/aromatic N) is 4. The lowest BCUT2D eigenvalue weighted by molar-refractivity contribution is -0.192. The largest absolute Gasteiger partial charge is 0.490 e. The molecule has 2 atom stereocenters. The predicted octanol–water partition coefficient (Wildman–Crippen LogP) is 0.551. The molecule has 0 spiro atoms. The number of hydrogen-bond donors (Lipinski definition) is 3. The number of carbonyl (C=O) groups is 4. The Morgan fingerprint density at radius 3 is 2.59 bits per heavy atom. The summed E-state index contributed by atoms with van der Waals surface area (Å²) < 4.78 is 33.3. The van der Waals surface area contributed by atoms with Crippen molar-refractivity contribution in [3.63, 3.8) is 0 Å². The zero-order valence-electron chi connectivity index (χ0n) is 17.9. The number of nitrogens with one attached hydrogen (secondary N) is 1. The molecule has 2 aromatic rings. The quantitative estimate of drug-likeness (QED) is 0.533. The molecule has 11 nitrogen and oxygen atoms in total. The van der Waals surface area contributed by atoms with Crippen LogP contribution in [0.15, 0.2) is 24.4 Å². The van der Waals surface area contributed by atoms with E-state index in [-0.39, 0.29) is 24.3 Å². The minimum absolute atomic E-state index is 0.0150. The van der Waals surface area contributed by atoms with E-state index in [1.165, 1.54) is 4.90 Å². The van der Waals surface area contributed by atoms with Crippen LogP contribution in [0.4, 0.5) is 13.2 Å². The lowest BCUT2D eigenvalue weighted by Gasteiger charge is -2.29. The fourth-order valence-corrected chi connectivity index (χ4v) is 3.53. The average molecular weight is 482 g/mol. The number of aromatic nitrogens is 3. The SMILES string of the molecule is CC(N)Cc1cn(-c2ccc3c(c2)C(=O)N(C2CCC(=O)NC2=O)C3)nn1.O=C(O)C(F)(F)F. The third kappa shape index (κ3) is 5.57. The summed E-state index contributed by atoms with van der Waals surface area (Å²) in [5.41, 5.74) is 8.68. The molecule has 1 saturated heterocycles. The molecule has 3 heterocycles. The Morgan fingerprint density at radius 1 is 1.32 bits per heavy atom. The van der Waals surface area contributed by atoms with Gasteiger partial charge in [-0.3, -0.25) is 19.7 Å². The van der Waals surface area contributed by atoms with Crippen LogP contribution in [0.5, 0.6) is 0 Å².